The van der Waals surface area contributed by atoms with E-state index < -0.39 is 0 Å². The molecule has 2 aliphatic rings. The first kappa shape index (κ1) is 12.9. The van der Waals surface area contributed by atoms with Crippen LogP contribution in [-0.4, -0.2) is 39.7 Å². The van der Waals surface area contributed by atoms with Gasteiger partial charge in [-0.15, -0.1) is 0 Å². The minimum absolute atomic E-state index is 0.105. The quantitative estimate of drug-likeness (QED) is 0.871. The SMILES string of the molecule is Cn1cc(C(=O)N2CC3CCC(O)C3C2)c2ccccc21. The highest BCUT2D eigenvalue weighted by molar-refractivity contribution is 6.07. The van der Waals surface area contributed by atoms with Gasteiger partial charge in [-0.05, 0) is 24.8 Å². The van der Waals surface area contributed by atoms with Gasteiger partial charge in [0.1, 0.15) is 0 Å². The van der Waals surface area contributed by atoms with Crippen LogP contribution < -0.4 is 0 Å². The Morgan fingerprint density at radius 3 is 2.86 bits per heavy atom. The molecule has 1 aliphatic carbocycles. The van der Waals surface area contributed by atoms with Crippen molar-refractivity contribution in [3.05, 3.63) is 36.0 Å². The highest BCUT2D eigenvalue weighted by atomic mass is 16.3. The summed E-state index contributed by atoms with van der Waals surface area (Å²) in [5, 5.41) is 11.0. The molecule has 1 aromatic heterocycles. The lowest BCUT2D eigenvalue weighted by Gasteiger charge is -2.18. The van der Waals surface area contributed by atoms with E-state index in [1.165, 1.54) is 0 Å². The lowest BCUT2D eigenvalue weighted by atomic mass is 10.00. The molecule has 1 aromatic carbocycles. The predicted molar refractivity (Wildman–Crippen MR) is 81.0 cm³/mol. The van der Waals surface area contributed by atoms with E-state index in [2.05, 4.69) is 0 Å². The number of aryl methyl sites for hydroxylation is 1. The fourth-order valence-corrected chi connectivity index (χ4v) is 4.08. The van der Waals surface area contributed by atoms with Gasteiger partial charge in [-0.1, -0.05) is 18.2 Å². The van der Waals surface area contributed by atoms with E-state index >= 15 is 0 Å². The largest absolute Gasteiger partial charge is 0.393 e. The Morgan fingerprint density at radius 2 is 2.05 bits per heavy atom. The van der Waals surface area contributed by atoms with Crippen LogP contribution in [0, 0.1) is 11.8 Å². The summed E-state index contributed by atoms with van der Waals surface area (Å²) < 4.78 is 2.01. The summed E-state index contributed by atoms with van der Waals surface area (Å²) in [6, 6.07) is 8.01. The smallest absolute Gasteiger partial charge is 0.256 e. The minimum atomic E-state index is -0.222. The van der Waals surface area contributed by atoms with E-state index in [1.807, 2.05) is 47.0 Å². The van der Waals surface area contributed by atoms with Crippen LogP contribution in [-0.2, 0) is 7.05 Å². The Labute approximate surface area is 124 Å². The zero-order valence-corrected chi connectivity index (χ0v) is 12.2. The molecule has 110 valence electrons. The van der Waals surface area contributed by atoms with Gasteiger partial charge in [-0.25, -0.2) is 0 Å². The molecular formula is C17H20N2O2. The maximum atomic E-state index is 12.8. The molecule has 4 rings (SSSR count). The molecule has 21 heavy (non-hydrogen) atoms. The number of amides is 1. The Hall–Kier alpha value is -1.81. The van der Waals surface area contributed by atoms with E-state index in [0.29, 0.717) is 12.5 Å². The molecule has 1 aliphatic heterocycles. The summed E-state index contributed by atoms with van der Waals surface area (Å²) in [7, 11) is 1.97. The monoisotopic (exact) mass is 284 g/mol. The van der Waals surface area contributed by atoms with Crippen LogP contribution in [0.25, 0.3) is 10.9 Å². The van der Waals surface area contributed by atoms with Crippen molar-refractivity contribution in [1.82, 2.24) is 9.47 Å². The zero-order valence-electron chi connectivity index (χ0n) is 12.2. The second kappa shape index (κ2) is 4.60. The number of aromatic nitrogens is 1. The average molecular weight is 284 g/mol. The average Bonchev–Trinajstić information content (AvgIpc) is 3.15. The van der Waals surface area contributed by atoms with Crippen molar-refractivity contribution in [2.45, 2.75) is 18.9 Å². The molecule has 3 atom stereocenters. The number of nitrogens with zero attached hydrogens (tertiary/aromatic N) is 2. The fourth-order valence-electron chi connectivity index (χ4n) is 4.08. The first-order chi connectivity index (χ1) is 10.1. The van der Waals surface area contributed by atoms with E-state index in [-0.39, 0.29) is 17.9 Å². The third-order valence-corrected chi connectivity index (χ3v) is 5.23. The van der Waals surface area contributed by atoms with Crippen molar-refractivity contribution in [2.24, 2.45) is 18.9 Å². The minimum Gasteiger partial charge on any atom is -0.393 e. The van der Waals surface area contributed by atoms with Gasteiger partial charge < -0.3 is 14.6 Å². The van der Waals surface area contributed by atoms with Crippen molar-refractivity contribution < 1.29 is 9.90 Å². The summed E-state index contributed by atoms with van der Waals surface area (Å²) in [5.74, 6) is 0.872. The second-order valence-electron chi connectivity index (χ2n) is 6.45. The van der Waals surface area contributed by atoms with Crippen LogP contribution in [0.2, 0.25) is 0 Å². The van der Waals surface area contributed by atoms with Crippen LogP contribution >= 0.6 is 0 Å². The Morgan fingerprint density at radius 1 is 1.24 bits per heavy atom. The molecule has 2 heterocycles. The summed E-state index contributed by atoms with van der Waals surface area (Å²) in [6.45, 7) is 1.50. The molecule has 2 fully saturated rings. The summed E-state index contributed by atoms with van der Waals surface area (Å²) in [4.78, 5) is 14.8. The normalized spacial score (nSPS) is 28.3. The van der Waals surface area contributed by atoms with Gasteiger partial charge >= 0.3 is 0 Å². The maximum Gasteiger partial charge on any atom is 0.256 e. The fraction of sp³-hybridized carbons (Fsp3) is 0.471. The number of fused-ring (bicyclic) bond motifs is 2. The van der Waals surface area contributed by atoms with Crippen LogP contribution in [0.15, 0.2) is 30.5 Å². The van der Waals surface area contributed by atoms with Gasteiger partial charge in [0.15, 0.2) is 0 Å². The number of hydrogen-bond acceptors (Lipinski definition) is 2. The zero-order chi connectivity index (χ0) is 14.6. The van der Waals surface area contributed by atoms with Crippen molar-refractivity contribution in [2.75, 3.05) is 13.1 Å². The molecule has 1 saturated heterocycles. The van der Waals surface area contributed by atoms with E-state index in [4.69, 9.17) is 0 Å². The molecular weight excluding hydrogens is 264 g/mol. The summed E-state index contributed by atoms with van der Waals surface area (Å²) >= 11 is 0. The first-order valence-electron chi connectivity index (χ1n) is 7.66. The molecule has 4 nitrogen and oxygen atoms in total. The molecule has 0 radical (unpaired) electrons. The summed E-state index contributed by atoms with van der Waals surface area (Å²) in [6.07, 6.45) is 3.65. The molecule has 1 amide bonds. The van der Waals surface area contributed by atoms with Crippen molar-refractivity contribution in [3.63, 3.8) is 0 Å². The number of benzene rings is 1. The highest BCUT2D eigenvalue weighted by Crippen LogP contribution is 2.38. The maximum absolute atomic E-state index is 12.8. The topological polar surface area (TPSA) is 45.5 Å². The van der Waals surface area contributed by atoms with Gasteiger partial charge in [0.05, 0.1) is 11.7 Å². The third-order valence-electron chi connectivity index (χ3n) is 5.23. The van der Waals surface area contributed by atoms with Gasteiger partial charge in [0.2, 0.25) is 0 Å². The van der Waals surface area contributed by atoms with Crippen LogP contribution in [0.3, 0.4) is 0 Å². The van der Waals surface area contributed by atoms with Crippen molar-refractivity contribution in [1.29, 1.82) is 0 Å². The second-order valence-corrected chi connectivity index (χ2v) is 6.45. The van der Waals surface area contributed by atoms with Gasteiger partial charge in [-0.3, -0.25) is 4.79 Å². The molecule has 4 heteroatoms. The van der Waals surface area contributed by atoms with Crippen molar-refractivity contribution in [3.8, 4) is 0 Å². The molecule has 0 bridgehead atoms. The van der Waals surface area contributed by atoms with E-state index in [0.717, 1.165) is 35.9 Å². The summed E-state index contributed by atoms with van der Waals surface area (Å²) in [5.41, 5.74) is 1.86. The molecule has 1 saturated carbocycles. The number of carbonyl (C=O) groups excluding carboxylic acids is 1. The Balaban J connectivity index is 1.66. The number of rotatable bonds is 1. The molecule has 1 N–H and O–H groups in total. The third kappa shape index (κ3) is 1.89. The standard InChI is InChI=1S/C17H20N2O2/c1-18-9-14(12-4-2-3-5-15(12)18)17(21)19-8-11-6-7-16(20)13(11)10-19/h2-5,9,11,13,16,20H,6-8,10H2,1H3. The number of hydrogen-bond donors (Lipinski definition) is 1. The molecule has 2 aromatic rings. The number of carbonyl (C=O) groups is 1. The molecule has 0 spiro atoms. The lowest BCUT2D eigenvalue weighted by Crippen LogP contribution is -2.30. The predicted octanol–water partition coefficient (Wildman–Crippen LogP) is 2.02. The lowest BCUT2D eigenvalue weighted by molar-refractivity contribution is 0.0754. The van der Waals surface area contributed by atoms with E-state index in [9.17, 15) is 9.90 Å². The van der Waals surface area contributed by atoms with Crippen LogP contribution in [0.1, 0.15) is 23.2 Å². The highest BCUT2D eigenvalue weighted by Gasteiger charge is 2.43. The number of likely N-dealkylation sites (tertiary alicyclic amines) is 1. The van der Waals surface area contributed by atoms with Crippen LogP contribution in [0.4, 0.5) is 0 Å². The molecule has 3 unspecified atom stereocenters. The van der Waals surface area contributed by atoms with Crippen molar-refractivity contribution >= 4 is 16.8 Å². The number of aliphatic hydroxyl groups excluding tert-OH is 1. The Kier molecular flexibility index (Phi) is 2.82. The first-order valence-corrected chi connectivity index (χ1v) is 7.66. The number of para-hydroxylation sites is 1. The van der Waals surface area contributed by atoms with E-state index in [1.54, 1.807) is 0 Å². The Bertz CT molecular complexity index is 706. The van der Waals surface area contributed by atoms with Crippen LogP contribution in [0.5, 0.6) is 0 Å². The van der Waals surface area contributed by atoms with Gasteiger partial charge in [-0.2, -0.15) is 0 Å². The van der Waals surface area contributed by atoms with Gasteiger partial charge in [0.25, 0.3) is 5.91 Å². The number of aliphatic hydroxyl groups is 1. The van der Waals surface area contributed by atoms with Gasteiger partial charge in [0, 0.05) is 43.2 Å².